The fourth-order valence-electron chi connectivity index (χ4n) is 2.39. The number of amides is 1. The third kappa shape index (κ3) is 3.61. The predicted molar refractivity (Wildman–Crippen MR) is 86.3 cm³/mol. The van der Waals surface area contributed by atoms with E-state index in [-0.39, 0.29) is 17.4 Å². The van der Waals surface area contributed by atoms with Crippen molar-refractivity contribution >= 4 is 12.1 Å². The lowest BCUT2D eigenvalue weighted by atomic mass is 10.1. The van der Waals surface area contributed by atoms with Crippen LogP contribution in [0.2, 0.25) is 0 Å². The van der Waals surface area contributed by atoms with E-state index in [4.69, 9.17) is 13.9 Å². The first kappa shape index (κ1) is 18.8. The SMILES string of the molecule is COc1ccc(OCc2ccc(C(=O)N3N=CCC3(O)C(F)(F)F)o2)cc1. The standard InChI is InChI=1S/C17H15F3N2O5/c1-25-11-2-4-12(5-3-11)26-10-13-6-7-14(27-13)15(23)22-16(24,8-9-21-22)17(18,19)20/h2-7,9,24H,8,10H2,1H3. The lowest BCUT2D eigenvalue weighted by Crippen LogP contribution is -2.56. The molecule has 2 aromatic rings. The highest BCUT2D eigenvalue weighted by atomic mass is 19.4. The first-order valence-electron chi connectivity index (χ1n) is 7.76. The number of furan rings is 1. The molecule has 1 aliphatic rings. The predicted octanol–water partition coefficient (Wildman–Crippen LogP) is 2.95. The molecule has 0 bridgehead atoms. The van der Waals surface area contributed by atoms with Gasteiger partial charge in [-0.25, -0.2) is 0 Å². The number of methoxy groups -OCH3 is 1. The van der Waals surface area contributed by atoms with Crippen LogP contribution >= 0.6 is 0 Å². The quantitative estimate of drug-likeness (QED) is 0.857. The number of nitrogens with zero attached hydrogens (tertiary/aromatic N) is 2. The summed E-state index contributed by atoms with van der Waals surface area (Å²) in [5.41, 5.74) is -3.39. The van der Waals surface area contributed by atoms with Gasteiger partial charge in [0.1, 0.15) is 23.9 Å². The average Bonchev–Trinajstić information content (AvgIpc) is 3.27. The van der Waals surface area contributed by atoms with E-state index in [9.17, 15) is 23.1 Å². The van der Waals surface area contributed by atoms with Crippen molar-refractivity contribution in [1.29, 1.82) is 0 Å². The number of hydrogen-bond donors (Lipinski definition) is 1. The van der Waals surface area contributed by atoms with Crippen molar-refractivity contribution in [2.45, 2.75) is 24.9 Å². The second kappa shape index (κ2) is 6.95. The number of rotatable bonds is 5. The number of hydrogen-bond acceptors (Lipinski definition) is 6. The molecule has 1 aromatic carbocycles. The van der Waals surface area contributed by atoms with Gasteiger partial charge in [-0.3, -0.25) is 4.79 Å². The summed E-state index contributed by atoms with van der Waals surface area (Å²) >= 11 is 0. The van der Waals surface area contributed by atoms with Gasteiger partial charge in [0.25, 0.3) is 5.72 Å². The summed E-state index contributed by atoms with van der Waals surface area (Å²) in [6, 6.07) is 9.29. The Balaban J connectivity index is 1.68. The van der Waals surface area contributed by atoms with E-state index in [0.29, 0.717) is 11.5 Å². The number of aliphatic hydroxyl groups is 1. The maximum absolute atomic E-state index is 13.1. The lowest BCUT2D eigenvalue weighted by Gasteiger charge is -2.31. The van der Waals surface area contributed by atoms with Gasteiger partial charge in [-0.15, -0.1) is 0 Å². The molecule has 1 atom stereocenters. The molecule has 1 amide bonds. The van der Waals surface area contributed by atoms with Gasteiger partial charge < -0.3 is 19.0 Å². The Hall–Kier alpha value is -3.01. The fourth-order valence-corrected chi connectivity index (χ4v) is 2.39. The highest BCUT2D eigenvalue weighted by Crippen LogP contribution is 2.39. The Labute approximate surface area is 151 Å². The second-order valence-electron chi connectivity index (χ2n) is 5.66. The molecule has 0 spiro atoms. The zero-order chi connectivity index (χ0) is 19.7. The van der Waals surface area contributed by atoms with Crippen LogP contribution in [-0.4, -0.2) is 41.2 Å². The van der Waals surface area contributed by atoms with E-state index in [1.807, 2.05) is 0 Å². The summed E-state index contributed by atoms with van der Waals surface area (Å²) < 4.78 is 54.9. The monoisotopic (exact) mass is 384 g/mol. The van der Waals surface area contributed by atoms with Gasteiger partial charge in [-0.2, -0.15) is 23.3 Å². The molecule has 0 saturated carbocycles. The van der Waals surface area contributed by atoms with Gasteiger partial charge in [0.15, 0.2) is 5.76 Å². The molecule has 10 heteroatoms. The molecule has 7 nitrogen and oxygen atoms in total. The van der Waals surface area contributed by atoms with Crippen LogP contribution < -0.4 is 9.47 Å². The van der Waals surface area contributed by atoms with Crippen molar-refractivity contribution in [2.75, 3.05) is 7.11 Å². The third-order valence-electron chi connectivity index (χ3n) is 3.88. The molecule has 0 saturated heterocycles. The van der Waals surface area contributed by atoms with Crippen molar-refractivity contribution in [3.8, 4) is 11.5 Å². The van der Waals surface area contributed by atoms with Crippen LogP contribution in [0.3, 0.4) is 0 Å². The second-order valence-corrected chi connectivity index (χ2v) is 5.66. The highest BCUT2D eigenvalue weighted by Gasteiger charge is 2.61. The van der Waals surface area contributed by atoms with Crippen molar-refractivity contribution < 1.29 is 37.0 Å². The first-order valence-corrected chi connectivity index (χ1v) is 7.76. The van der Waals surface area contributed by atoms with Crippen LogP contribution in [0.15, 0.2) is 45.9 Å². The topological polar surface area (TPSA) is 84.5 Å². The number of carbonyl (C=O) groups excluding carboxylic acids is 1. The molecule has 0 aliphatic carbocycles. The Bertz CT molecular complexity index is 847. The molecule has 1 aromatic heterocycles. The van der Waals surface area contributed by atoms with Crippen LogP contribution in [0.5, 0.6) is 11.5 Å². The number of carbonyl (C=O) groups is 1. The van der Waals surface area contributed by atoms with E-state index < -0.39 is 30.0 Å². The number of halogens is 3. The largest absolute Gasteiger partial charge is 0.497 e. The smallest absolute Gasteiger partial charge is 0.438 e. The Morgan fingerprint density at radius 1 is 1.26 bits per heavy atom. The van der Waals surface area contributed by atoms with Gasteiger partial charge in [0.2, 0.25) is 0 Å². The van der Waals surface area contributed by atoms with Crippen LogP contribution in [0, 0.1) is 0 Å². The molecule has 2 heterocycles. The molecule has 3 rings (SSSR count). The number of hydrazone groups is 1. The van der Waals surface area contributed by atoms with Crippen molar-refractivity contribution in [3.05, 3.63) is 47.9 Å². The maximum atomic E-state index is 13.1. The van der Waals surface area contributed by atoms with Crippen LogP contribution in [0.4, 0.5) is 13.2 Å². The van der Waals surface area contributed by atoms with Crippen molar-refractivity contribution in [1.82, 2.24) is 5.01 Å². The Kier molecular flexibility index (Phi) is 4.83. The van der Waals surface area contributed by atoms with Crippen molar-refractivity contribution in [2.24, 2.45) is 5.10 Å². The van der Waals surface area contributed by atoms with Gasteiger partial charge in [0.05, 0.1) is 7.11 Å². The molecule has 1 N–H and O–H groups in total. The third-order valence-corrected chi connectivity index (χ3v) is 3.88. The zero-order valence-corrected chi connectivity index (χ0v) is 14.1. The summed E-state index contributed by atoms with van der Waals surface area (Å²) in [5, 5.41) is 13.1. The van der Waals surface area contributed by atoms with E-state index in [0.717, 1.165) is 6.21 Å². The summed E-state index contributed by atoms with van der Waals surface area (Å²) in [6.07, 6.45) is -5.09. The first-order chi connectivity index (χ1) is 12.7. The molecule has 27 heavy (non-hydrogen) atoms. The van der Waals surface area contributed by atoms with E-state index in [1.165, 1.54) is 19.2 Å². The summed E-state index contributed by atoms with van der Waals surface area (Å²) in [5.74, 6) is -0.232. The Morgan fingerprint density at radius 3 is 2.56 bits per heavy atom. The minimum atomic E-state index is -5.06. The molecule has 1 unspecified atom stereocenters. The van der Waals surface area contributed by atoms with Crippen LogP contribution in [0.25, 0.3) is 0 Å². The molecular formula is C17H15F3N2O5. The summed E-state index contributed by atoms with van der Waals surface area (Å²) in [6.45, 7) is -0.0492. The van der Waals surface area contributed by atoms with Gasteiger partial charge in [-0.05, 0) is 36.4 Å². The van der Waals surface area contributed by atoms with Crippen LogP contribution in [0.1, 0.15) is 22.7 Å². The van der Waals surface area contributed by atoms with Gasteiger partial charge in [0, 0.05) is 12.6 Å². The average molecular weight is 384 g/mol. The van der Waals surface area contributed by atoms with Crippen LogP contribution in [-0.2, 0) is 6.61 Å². The number of alkyl halides is 3. The van der Waals surface area contributed by atoms with E-state index >= 15 is 0 Å². The molecule has 144 valence electrons. The number of ether oxygens (including phenoxy) is 2. The maximum Gasteiger partial charge on any atom is 0.438 e. The molecule has 0 radical (unpaired) electrons. The minimum Gasteiger partial charge on any atom is -0.497 e. The normalized spacial score (nSPS) is 19.4. The molecular weight excluding hydrogens is 369 g/mol. The van der Waals surface area contributed by atoms with Gasteiger partial charge >= 0.3 is 12.1 Å². The van der Waals surface area contributed by atoms with E-state index in [1.54, 1.807) is 24.3 Å². The van der Waals surface area contributed by atoms with E-state index in [2.05, 4.69) is 5.10 Å². The molecule has 1 aliphatic heterocycles. The number of benzene rings is 1. The summed E-state index contributed by atoms with van der Waals surface area (Å²) in [7, 11) is 1.53. The minimum absolute atomic E-state index is 0.0278. The lowest BCUT2D eigenvalue weighted by molar-refractivity contribution is -0.297. The zero-order valence-electron chi connectivity index (χ0n) is 14.1. The highest BCUT2D eigenvalue weighted by molar-refractivity contribution is 5.93. The molecule has 0 fully saturated rings. The fraction of sp³-hybridized carbons (Fsp3) is 0.294. The van der Waals surface area contributed by atoms with Crippen molar-refractivity contribution in [3.63, 3.8) is 0 Å². The summed E-state index contributed by atoms with van der Waals surface area (Å²) in [4.78, 5) is 12.3. The Morgan fingerprint density at radius 2 is 1.93 bits per heavy atom. The van der Waals surface area contributed by atoms with Gasteiger partial charge in [-0.1, -0.05) is 0 Å².